The van der Waals surface area contributed by atoms with E-state index in [-0.39, 0.29) is 5.91 Å². The first kappa shape index (κ1) is 19.7. The molecule has 5 rings (SSSR count). The highest BCUT2D eigenvalue weighted by Gasteiger charge is 2.27. The number of hydrogen-bond acceptors (Lipinski definition) is 5. The molecule has 0 N–H and O–H groups in total. The van der Waals surface area contributed by atoms with Gasteiger partial charge in [-0.1, -0.05) is 35.1 Å². The van der Waals surface area contributed by atoms with E-state index in [4.69, 9.17) is 16.6 Å². The molecule has 0 unspecified atom stereocenters. The van der Waals surface area contributed by atoms with E-state index in [1.54, 1.807) is 11.1 Å². The lowest BCUT2D eigenvalue weighted by atomic mass is 10.2. The van der Waals surface area contributed by atoms with Crippen LogP contribution in [0.3, 0.4) is 0 Å². The van der Waals surface area contributed by atoms with Gasteiger partial charge < -0.3 is 0 Å². The van der Waals surface area contributed by atoms with Crippen molar-refractivity contribution in [1.82, 2.24) is 19.4 Å². The molecule has 1 aromatic carbocycles. The van der Waals surface area contributed by atoms with E-state index in [2.05, 4.69) is 9.97 Å². The summed E-state index contributed by atoms with van der Waals surface area (Å²) in [5.74, 6) is -0.176. The fourth-order valence-corrected chi connectivity index (χ4v) is 4.76. The fourth-order valence-electron chi connectivity index (χ4n) is 3.58. The molecule has 1 amide bonds. The quantitative estimate of drug-likeness (QED) is 0.367. The van der Waals surface area contributed by atoms with Gasteiger partial charge in [0.25, 0.3) is 5.91 Å². The Balaban J connectivity index is 1.66. The van der Waals surface area contributed by atoms with E-state index >= 15 is 0 Å². The van der Waals surface area contributed by atoms with Crippen LogP contribution in [0, 0.1) is 13.8 Å². The molecule has 4 heterocycles. The molecule has 0 radical (unpaired) electrons. The SMILES string of the molecule is Cc1nc2ccccn2c1C(=O)N(Cc1ccccn1)c1nc2c(C)c(Cl)ccc2s1. The molecule has 4 aromatic heterocycles. The highest BCUT2D eigenvalue weighted by Crippen LogP contribution is 2.35. The van der Waals surface area contributed by atoms with E-state index in [1.807, 2.05) is 73.0 Å². The van der Waals surface area contributed by atoms with E-state index in [0.29, 0.717) is 28.1 Å². The van der Waals surface area contributed by atoms with Gasteiger partial charge in [-0.05, 0) is 55.8 Å². The first-order valence-electron chi connectivity index (χ1n) is 9.74. The molecule has 0 saturated heterocycles. The number of rotatable bonds is 4. The molecule has 0 atom stereocenters. The molecule has 31 heavy (non-hydrogen) atoms. The monoisotopic (exact) mass is 447 g/mol. The number of imidazole rings is 1. The third-order valence-corrected chi connectivity index (χ3v) is 6.62. The molecule has 0 aliphatic rings. The number of carbonyl (C=O) groups excluding carboxylic acids is 1. The number of amides is 1. The van der Waals surface area contributed by atoms with E-state index in [9.17, 15) is 4.79 Å². The van der Waals surface area contributed by atoms with Crippen LogP contribution in [-0.4, -0.2) is 25.3 Å². The summed E-state index contributed by atoms with van der Waals surface area (Å²) < 4.78 is 2.80. The van der Waals surface area contributed by atoms with Gasteiger partial charge in [0.05, 0.1) is 28.1 Å². The van der Waals surface area contributed by atoms with Crippen molar-refractivity contribution in [2.75, 3.05) is 4.90 Å². The highest BCUT2D eigenvalue weighted by atomic mass is 35.5. The third kappa shape index (κ3) is 3.45. The van der Waals surface area contributed by atoms with Crippen LogP contribution in [0.2, 0.25) is 5.02 Å². The van der Waals surface area contributed by atoms with Crippen molar-refractivity contribution in [3.63, 3.8) is 0 Å². The molecule has 0 fully saturated rings. The summed E-state index contributed by atoms with van der Waals surface area (Å²) >= 11 is 7.76. The average Bonchev–Trinajstić information content (AvgIpc) is 3.35. The number of aryl methyl sites for hydroxylation is 2. The lowest BCUT2D eigenvalue weighted by Crippen LogP contribution is -2.32. The van der Waals surface area contributed by atoms with Gasteiger partial charge in [-0.2, -0.15) is 0 Å². The van der Waals surface area contributed by atoms with Crippen LogP contribution in [0.5, 0.6) is 0 Å². The van der Waals surface area contributed by atoms with E-state index in [1.165, 1.54) is 11.3 Å². The third-order valence-electron chi connectivity index (χ3n) is 5.17. The second-order valence-electron chi connectivity index (χ2n) is 7.20. The molecular weight excluding hydrogens is 430 g/mol. The molecule has 154 valence electrons. The van der Waals surface area contributed by atoms with E-state index in [0.717, 1.165) is 27.1 Å². The molecule has 0 aliphatic heterocycles. The molecule has 0 bridgehead atoms. The minimum Gasteiger partial charge on any atom is -0.295 e. The predicted molar refractivity (Wildman–Crippen MR) is 124 cm³/mol. The Bertz CT molecular complexity index is 1430. The highest BCUT2D eigenvalue weighted by molar-refractivity contribution is 7.22. The molecule has 8 heteroatoms. The maximum atomic E-state index is 13.9. The van der Waals surface area contributed by atoms with Gasteiger partial charge in [0.15, 0.2) is 5.13 Å². The van der Waals surface area contributed by atoms with Gasteiger partial charge in [0.1, 0.15) is 11.3 Å². The van der Waals surface area contributed by atoms with Crippen LogP contribution >= 0.6 is 22.9 Å². The lowest BCUT2D eigenvalue weighted by Gasteiger charge is -2.19. The molecule has 6 nitrogen and oxygen atoms in total. The Hall–Kier alpha value is -3.29. The van der Waals surface area contributed by atoms with Crippen molar-refractivity contribution in [1.29, 1.82) is 0 Å². The maximum Gasteiger partial charge on any atom is 0.279 e. The first-order valence-corrected chi connectivity index (χ1v) is 10.9. The minimum absolute atomic E-state index is 0.176. The van der Waals surface area contributed by atoms with Gasteiger partial charge in [-0.3, -0.25) is 19.1 Å². The van der Waals surface area contributed by atoms with Crippen LogP contribution in [-0.2, 0) is 6.54 Å². The number of carbonyl (C=O) groups is 1. The van der Waals surface area contributed by atoms with E-state index < -0.39 is 0 Å². The fraction of sp³-hybridized carbons (Fsp3) is 0.130. The Morgan fingerprint density at radius 1 is 1.10 bits per heavy atom. The number of benzene rings is 1. The van der Waals surface area contributed by atoms with Crippen molar-refractivity contribution in [3.8, 4) is 0 Å². The number of aromatic nitrogens is 4. The molecule has 0 spiro atoms. The van der Waals surface area contributed by atoms with Gasteiger partial charge >= 0.3 is 0 Å². The molecule has 0 saturated carbocycles. The van der Waals surface area contributed by atoms with Gasteiger partial charge in [0.2, 0.25) is 0 Å². The predicted octanol–water partition coefficient (Wildman–Crippen LogP) is 5.46. The normalized spacial score (nSPS) is 11.3. The number of halogens is 1. The molecule has 5 aromatic rings. The molecular formula is C23H18ClN5OS. The zero-order valence-electron chi connectivity index (χ0n) is 16.9. The van der Waals surface area contributed by atoms with Crippen molar-refractivity contribution in [2.45, 2.75) is 20.4 Å². The topological polar surface area (TPSA) is 63.4 Å². The average molecular weight is 448 g/mol. The number of thiazole rings is 1. The molecule has 0 aliphatic carbocycles. The summed E-state index contributed by atoms with van der Waals surface area (Å²) in [4.78, 5) is 29.3. The van der Waals surface area contributed by atoms with Crippen LogP contribution < -0.4 is 4.90 Å². The van der Waals surface area contributed by atoms with Gasteiger partial charge in [0, 0.05) is 17.4 Å². The smallest absolute Gasteiger partial charge is 0.279 e. The second kappa shape index (κ2) is 7.76. The zero-order valence-corrected chi connectivity index (χ0v) is 18.5. The first-order chi connectivity index (χ1) is 15.0. The second-order valence-corrected chi connectivity index (χ2v) is 8.62. The Kier molecular flexibility index (Phi) is 4.92. The summed E-state index contributed by atoms with van der Waals surface area (Å²) in [6, 6.07) is 15.1. The lowest BCUT2D eigenvalue weighted by molar-refractivity contribution is 0.0978. The maximum absolute atomic E-state index is 13.9. The Morgan fingerprint density at radius 2 is 1.94 bits per heavy atom. The summed E-state index contributed by atoms with van der Waals surface area (Å²) in [7, 11) is 0. The summed E-state index contributed by atoms with van der Waals surface area (Å²) in [6.07, 6.45) is 3.57. The van der Waals surface area contributed by atoms with Crippen molar-refractivity contribution >= 4 is 49.8 Å². The van der Waals surface area contributed by atoms with Crippen molar-refractivity contribution in [3.05, 3.63) is 88.6 Å². The van der Waals surface area contributed by atoms with Crippen LogP contribution in [0.15, 0.2) is 60.9 Å². The van der Waals surface area contributed by atoms with Crippen molar-refractivity contribution < 1.29 is 4.79 Å². The number of pyridine rings is 2. The summed E-state index contributed by atoms with van der Waals surface area (Å²) in [5.41, 5.74) is 4.39. The van der Waals surface area contributed by atoms with Gasteiger partial charge in [-0.15, -0.1) is 0 Å². The summed E-state index contributed by atoms with van der Waals surface area (Å²) in [6.45, 7) is 4.08. The summed E-state index contributed by atoms with van der Waals surface area (Å²) in [5, 5.41) is 1.26. The Morgan fingerprint density at radius 3 is 2.74 bits per heavy atom. The largest absolute Gasteiger partial charge is 0.295 e. The number of nitrogens with zero attached hydrogens (tertiary/aromatic N) is 5. The van der Waals surface area contributed by atoms with Crippen LogP contribution in [0.4, 0.5) is 5.13 Å². The number of anilines is 1. The van der Waals surface area contributed by atoms with Crippen molar-refractivity contribution in [2.24, 2.45) is 0 Å². The zero-order chi connectivity index (χ0) is 21.5. The standard InChI is InChI=1S/C23H18ClN5OS/c1-14-17(24)9-10-18-20(14)27-23(31-18)29(13-16-7-3-5-11-25-16)22(30)21-15(2)26-19-8-4-6-12-28(19)21/h3-12H,13H2,1-2H3. The van der Waals surface area contributed by atoms with Gasteiger partial charge in [-0.25, -0.2) is 9.97 Å². The number of hydrogen-bond donors (Lipinski definition) is 0. The number of fused-ring (bicyclic) bond motifs is 2. The Labute approximate surface area is 187 Å². The van der Waals surface area contributed by atoms with Crippen LogP contribution in [0.25, 0.3) is 15.9 Å². The minimum atomic E-state index is -0.176. The van der Waals surface area contributed by atoms with Crippen LogP contribution in [0.1, 0.15) is 27.4 Å².